The Kier molecular flexibility index (Phi) is 9.98. The van der Waals surface area contributed by atoms with Gasteiger partial charge in [0.2, 0.25) is 0 Å². The fourth-order valence-corrected chi connectivity index (χ4v) is 4.68. The van der Waals surface area contributed by atoms with Crippen molar-refractivity contribution < 1.29 is 23.9 Å². The standard InChI is InChI=1S/C26H39N5O5/c1-5-13-27-25(33)30-15-10-14-29(16-17-30)18-20-22(24(32)36-7-3)23(28-26(34)31(20)6-2)19-11-8-9-12-21(19)35-4/h8-9,11-12,23H,5-7,10,13-18H2,1-4H3,(H,27,33)(H,28,34). The lowest BCUT2D eigenvalue weighted by atomic mass is 9.93. The lowest BCUT2D eigenvalue weighted by Crippen LogP contribution is -2.51. The molecule has 1 atom stereocenters. The molecule has 1 aromatic rings. The van der Waals surface area contributed by atoms with E-state index in [0.29, 0.717) is 61.9 Å². The summed E-state index contributed by atoms with van der Waals surface area (Å²) >= 11 is 0. The Morgan fingerprint density at radius 1 is 1.11 bits per heavy atom. The first-order valence-corrected chi connectivity index (χ1v) is 12.8. The summed E-state index contributed by atoms with van der Waals surface area (Å²) < 4.78 is 11.0. The molecular formula is C26H39N5O5. The van der Waals surface area contributed by atoms with Gasteiger partial charge in [-0.15, -0.1) is 0 Å². The second-order valence-electron chi connectivity index (χ2n) is 8.80. The van der Waals surface area contributed by atoms with Gasteiger partial charge >= 0.3 is 18.0 Å². The monoisotopic (exact) mass is 501 g/mol. The fraction of sp³-hybridized carbons (Fsp3) is 0.577. The van der Waals surface area contributed by atoms with Crippen LogP contribution in [-0.4, -0.2) is 92.3 Å². The van der Waals surface area contributed by atoms with Crippen molar-refractivity contribution in [1.82, 2.24) is 25.3 Å². The van der Waals surface area contributed by atoms with Gasteiger partial charge in [0.25, 0.3) is 0 Å². The van der Waals surface area contributed by atoms with Crippen molar-refractivity contribution in [3.8, 4) is 5.75 Å². The molecule has 4 amide bonds. The summed E-state index contributed by atoms with van der Waals surface area (Å²) in [5, 5.41) is 5.93. The minimum atomic E-state index is -0.700. The topological polar surface area (TPSA) is 103 Å². The van der Waals surface area contributed by atoms with Gasteiger partial charge in [0.05, 0.1) is 25.3 Å². The van der Waals surface area contributed by atoms with Crippen LogP contribution in [0, 0.1) is 0 Å². The number of para-hydroxylation sites is 1. The molecular weight excluding hydrogens is 462 g/mol. The highest BCUT2D eigenvalue weighted by Crippen LogP contribution is 2.36. The molecule has 1 aromatic carbocycles. The van der Waals surface area contributed by atoms with Crippen LogP contribution in [0.3, 0.4) is 0 Å². The van der Waals surface area contributed by atoms with E-state index in [1.54, 1.807) is 18.9 Å². The maximum absolute atomic E-state index is 13.3. The van der Waals surface area contributed by atoms with Crippen molar-refractivity contribution in [2.75, 3.05) is 59.5 Å². The van der Waals surface area contributed by atoms with Gasteiger partial charge in [-0.1, -0.05) is 25.1 Å². The van der Waals surface area contributed by atoms with Crippen LogP contribution in [0.1, 0.15) is 45.2 Å². The average molecular weight is 502 g/mol. The molecule has 36 heavy (non-hydrogen) atoms. The number of ether oxygens (including phenoxy) is 2. The number of hydrogen-bond acceptors (Lipinski definition) is 6. The summed E-state index contributed by atoms with van der Waals surface area (Å²) in [7, 11) is 1.57. The molecule has 10 heteroatoms. The van der Waals surface area contributed by atoms with E-state index in [-0.39, 0.29) is 18.7 Å². The lowest BCUT2D eigenvalue weighted by Gasteiger charge is -2.38. The van der Waals surface area contributed by atoms with Crippen molar-refractivity contribution >= 4 is 18.0 Å². The van der Waals surface area contributed by atoms with Gasteiger partial charge < -0.3 is 25.0 Å². The van der Waals surface area contributed by atoms with Gasteiger partial charge in [-0.05, 0) is 32.8 Å². The Morgan fingerprint density at radius 3 is 2.58 bits per heavy atom. The molecule has 2 aliphatic heterocycles. The number of benzene rings is 1. The maximum atomic E-state index is 13.3. The lowest BCUT2D eigenvalue weighted by molar-refractivity contribution is -0.139. The number of carbonyl (C=O) groups excluding carboxylic acids is 3. The second kappa shape index (κ2) is 13.2. The van der Waals surface area contributed by atoms with Crippen LogP contribution in [0.5, 0.6) is 5.75 Å². The van der Waals surface area contributed by atoms with E-state index in [1.165, 1.54) is 0 Å². The Hall–Kier alpha value is -3.27. The van der Waals surface area contributed by atoms with Crippen molar-refractivity contribution in [3.05, 3.63) is 41.1 Å². The molecule has 1 saturated heterocycles. The third kappa shape index (κ3) is 6.29. The van der Waals surface area contributed by atoms with Crippen molar-refractivity contribution in [3.63, 3.8) is 0 Å². The summed E-state index contributed by atoms with van der Waals surface area (Å²) in [4.78, 5) is 44.6. The highest BCUT2D eigenvalue weighted by molar-refractivity contribution is 5.95. The van der Waals surface area contributed by atoms with E-state index in [1.807, 2.05) is 43.0 Å². The number of urea groups is 2. The second-order valence-corrected chi connectivity index (χ2v) is 8.80. The summed E-state index contributed by atoms with van der Waals surface area (Å²) in [5.41, 5.74) is 1.73. The normalized spacial score (nSPS) is 19.0. The van der Waals surface area contributed by atoms with Crippen molar-refractivity contribution in [1.29, 1.82) is 0 Å². The molecule has 0 bridgehead atoms. The van der Waals surface area contributed by atoms with E-state index >= 15 is 0 Å². The molecule has 0 saturated carbocycles. The molecule has 3 rings (SSSR count). The first-order chi connectivity index (χ1) is 17.4. The van der Waals surface area contributed by atoms with Crippen LogP contribution in [0.4, 0.5) is 9.59 Å². The number of amides is 4. The Balaban J connectivity index is 1.95. The van der Waals surface area contributed by atoms with Gasteiger partial charge in [-0.3, -0.25) is 9.80 Å². The maximum Gasteiger partial charge on any atom is 0.338 e. The molecule has 198 valence electrons. The highest BCUT2D eigenvalue weighted by atomic mass is 16.5. The molecule has 0 spiro atoms. The Morgan fingerprint density at radius 2 is 1.89 bits per heavy atom. The van der Waals surface area contributed by atoms with Gasteiger partial charge in [0.15, 0.2) is 0 Å². The zero-order valence-electron chi connectivity index (χ0n) is 21.8. The molecule has 2 aliphatic rings. The Bertz CT molecular complexity index is 966. The number of likely N-dealkylation sites (N-methyl/N-ethyl adjacent to an activating group) is 1. The van der Waals surface area contributed by atoms with E-state index in [4.69, 9.17) is 9.47 Å². The molecule has 0 radical (unpaired) electrons. The van der Waals surface area contributed by atoms with E-state index < -0.39 is 12.0 Å². The number of carbonyl (C=O) groups is 3. The third-order valence-electron chi connectivity index (χ3n) is 6.48. The predicted octanol–water partition coefficient (Wildman–Crippen LogP) is 2.73. The molecule has 0 aliphatic carbocycles. The number of nitrogens with one attached hydrogen (secondary N) is 2. The molecule has 10 nitrogen and oxygen atoms in total. The first-order valence-electron chi connectivity index (χ1n) is 12.8. The summed E-state index contributed by atoms with van der Waals surface area (Å²) in [6.07, 6.45) is 1.69. The fourth-order valence-electron chi connectivity index (χ4n) is 4.68. The minimum Gasteiger partial charge on any atom is -0.496 e. The third-order valence-corrected chi connectivity index (χ3v) is 6.48. The number of nitrogens with zero attached hydrogens (tertiary/aromatic N) is 3. The summed E-state index contributed by atoms with van der Waals surface area (Å²) in [6, 6.07) is 6.34. The number of esters is 1. The van der Waals surface area contributed by atoms with Crippen LogP contribution >= 0.6 is 0 Å². The largest absolute Gasteiger partial charge is 0.496 e. The summed E-state index contributed by atoms with van der Waals surface area (Å²) in [5.74, 6) is 0.120. The van der Waals surface area contributed by atoms with Gasteiger partial charge in [-0.2, -0.15) is 0 Å². The van der Waals surface area contributed by atoms with Crippen LogP contribution in [0.25, 0.3) is 0 Å². The molecule has 2 heterocycles. The highest BCUT2D eigenvalue weighted by Gasteiger charge is 2.39. The van der Waals surface area contributed by atoms with Crippen molar-refractivity contribution in [2.45, 2.75) is 39.7 Å². The number of rotatable bonds is 9. The SMILES string of the molecule is CCCNC(=O)N1CCCN(CC2=C(C(=O)OCC)C(c3ccccc3OC)NC(=O)N2CC)CC1. The van der Waals surface area contributed by atoms with Gasteiger partial charge in [0, 0.05) is 57.1 Å². The van der Waals surface area contributed by atoms with Crippen LogP contribution in [0.15, 0.2) is 35.5 Å². The molecule has 1 fully saturated rings. The molecule has 0 aromatic heterocycles. The average Bonchev–Trinajstić information content (AvgIpc) is 3.12. The van der Waals surface area contributed by atoms with Crippen molar-refractivity contribution in [2.24, 2.45) is 0 Å². The van der Waals surface area contributed by atoms with E-state index in [9.17, 15) is 14.4 Å². The predicted molar refractivity (Wildman–Crippen MR) is 137 cm³/mol. The summed E-state index contributed by atoms with van der Waals surface area (Å²) in [6.45, 7) is 9.97. The van der Waals surface area contributed by atoms with Crippen LogP contribution < -0.4 is 15.4 Å². The van der Waals surface area contributed by atoms with Gasteiger partial charge in [0.1, 0.15) is 5.75 Å². The van der Waals surface area contributed by atoms with Gasteiger partial charge in [-0.25, -0.2) is 14.4 Å². The quantitative estimate of drug-likeness (QED) is 0.505. The van der Waals surface area contributed by atoms with Crippen LogP contribution in [0.2, 0.25) is 0 Å². The zero-order valence-corrected chi connectivity index (χ0v) is 21.8. The smallest absolute Gasteiger partial charge is 0.338 e. The first kappa shape index (κ1) is 27.3. The Labute approximate surface area is 213 Å². The molecule has 2 N–H and O–H groups in total. The van der Waals surface area contributed by atoms with Crippen LogP contribution in [-0.2, 0) is 9.53 Å². The number of methoxy groups -OCH3 is 1. The van der Waals surface area contributed by atoms with E-state index in [2.05, 4.69) is 15.5 Å². The van der Waals surface area contributed by atoms with E-state index in [0.717, 1.165) is 19.4 Å². The minimum absolute atomic E-state index is 0.0476. The zero-order chi connectivity index (χ0) is 26.1. The molecule has 1 unspecified atom stereocenters. The number of hydrogen-bond donors (Lipinski definition) is 2.